The lowest BCUT2D eigenvalue weighted by molar-refractivity contribution is -0.126. The third-order valence-corrected chi connectivity index (χ3v) is 9.42. The van der Waals surface area contributed by atoms with Gasteiger partial charge in [-0.3, -0.25) is 4.98 Å². The fourth-order valence-electron chi connectivity index (χ4n) is 4.77. The van der Waals surface area contributed by atoms with Crippen LogP contribution >= 0.6 is 11.3 Å². The smallest absolute Gasteiger partial charge is 0.410 e. The molecule has 0 bridgehead atoms. The molecule has 1 fully saturated rings. The highest BCUT2D eigenvalue weighted by Gasteiger charge is 2.35. The molecule has 11 nitrogen and oxygen atoms in total. The zero-order valence-electron chi connectivity index (χ0n) is 24.4. The van der Waals surface area contributed by atoms with Crippen LogP contribution in [0.4, 0.5) is 28.0 Å². The van der Waals surface area contributed by atoms with Crippen LogP contribution in [0.25, 0.3) is 20.8 Å². The summed E-state index contributed by atoms with van der Waals surface area (Å²) in [6.45, 7) is 4.78. The van der Waals surface area contributed by atoms with E-state index in [1.807, 2.05) is 0 Å². The van der Waals surface area contributed by atoms with E-state index < -0.39 is 53.1 Å². The predicted molar refractivity (Wildman–Crippen MR) is 158 cm³/mol. The van der Waals surface area contributed by atoms with Crippen LogP contribution in [0.3, 0.4) is 0 Å². The summed E-state index contributed by atoms with van der Waals surface area (Å²) < 4.78 is 94.8. The van der Waals surface area contributed by atoms with Gasteiger partial charge in [-0.2, -0.15) is 18.2 Å². The van der Waals surface area contributed by atoms with Gasteiger partial charge in [0, 0.05) is 18.9 Å². The number of hydrogen-bond donors (Lipinski definition) is 2. The predicted octanol–water partition coefficient (Wildman–Crippen LogP) is 5.69. The summed E-state index contributed by atoms with van der Waals surface area (Å²) in [5, 5.41) is 7.24. The highest BCUT2D eigenvalue weighted by molar-refractivity contribution is 7.89. The second-order valence-electron chi connectivity index (χ2n) is 11.4. The molecular weight excluding hydrogens is 640 g/mol. The molecule has 1 aliphatic heterocycles. The minimum Gasteiger partial charge on any atom is -0.444 e. The van der Waals surface area contributed by atoms with Crippen molar-refractivity contribution >= 4 is 43.2 Å². The maximum absolute atomic E-state index is 15.3. The van der Waals surface area contributed by atoms with E-state index in [2.05, 4.69) is 25.2 Å². The van der Waals surface area contributed by atoms with Crippen molar-refractivity contribution in [2.45, 2.75) is 69.0 Å². The summed E-state index contributed by atoms with van der Waals surface area (Å²) in [5.74, 6) is -0.311. The number of ether oxygens (including phenoxy) is 1. The van der Waals surface area contributed by atoms with E-state index in [0.717, 1.165) is 17.5 Å². The van der Waals surface area contributed by atoms with Crippen LogP contribution in [0.2, 0.25) is 0 Å². The van der Waals surface area contributed by atoms with Crippen LogP contribution in [0, 0.1) is 0 Å². The number of sulfonamides is 1. The maximum atomic E-state index is 15.3. The SMILES string of the molecule is CC(C)(C)OC(=O)N1CC[C@@H](Nc2cccc3c(CC(F)(F)F)c(-c4noc(CNS(=O)(=O)c5cccnc5)n4)sc23)[C@@H](F)C1. The van der Waals surface area contributed by atoms with E-state index in [1.165, 1.54) is 29.3 Å². The fraction of sp³-hybridized carbons (Fsp3) is 0.429. The second kappa shape index (κ2) is 12.5. The Balaban J connectivity index is 1.38. The molecule has 0 saturated carbocycles. The number of pyridine rings is 1. The van der Waals surface area contributed by atoms with Crippen molar-refractivity contribution in [2.75, 3.05) is 18.4 Å². The largest absolute Gasteiger partial charge is 0.444 e. The molecule has 2 atom stereocenters. The number of hydrogen-bond acceptors (Lipinski definition) is 10. The number of benzene rings is 1. The molecule has 1 aliphatic rings. The first-order valence-electron chi connectivity index (χ1n) is 13.8. The third kappa shape index (κ3) is 7.88. The Morgan fingerprint density at radius 2 is 1.98 bits per heavy atom. The standard InChI is InChI=1S/C28H30F4N6O5S2/c1-27(2,3)42-26(39)38-11-9-20(19(29)15-38)35-21-8-4-7-17-18(12-28(30,31)32)24(44-23(17)21)25-36-22(43-37-25)14-34-45(40,41)16-6-5-10-33-13-16/h4-8,10,13,19-20,34-35H,9,11-12,14-15H2,1-3H3/t19-,20+/m0/s1. The molecule has 4 aromatic rings. The fourth-order valence-corrected chi connectivity index (χ4v) is 6.92. The monoisotopic (exact) mass is 670 g/mol. The number of anilines is 1. The van der Waals surface area contributed by atoms with Gasteiger partial charge in [-0.15, -0.1) is 11.3 Å². The molecule has 5 rings (SSSR count). The molecule has 242 valence electrons. The van der Waals surface area contributed by atoms with E-state index in [1.54, 1.807) is 32.9 Å². The van der Waals surface area contributed by atoms with Gasteiger partial charge in [-0.05, 0) is 56.3 Å². The summed E-state index contributed by atoms with van der Waals surface area (Å²) in [6, 6.07) is 6.82. The van der Waals surface area contributed by atoms with E-state index in [9.17, 15) is 26.4 Å². The molecule has 1 saturated heterocycles. The molecule has 3 aromatic heterocycles. The molecule has 0 unspecified atom stereocenters. The van der Waals surface area contributed by atoms with Crippen LogP contribution in [-0.4, -0.2) is 71.6 Å². The number of fused-ring (bicyclic) bond motifs is 1. The summed E-state index contributed by atoms with van der Waals surface area (Å²) in [4.78, 5) is 21.6. The summed E-state index contributed by atoms with van der Waals surface area (Å²) in [6.07, 6.45) is -5.13. The minimum absolute atomic E-state index is 0.0817. The maximum Gasteiger partial charge on any atom is 0.410 e. The van der Waals surface area contributed by atoms with Gasteiger partial charge in [-0.25, -0.2) is 22.3 Å². The molecule has 0 spiro atoms. The van der Waals surface area contributed by atoms with Crippen LogP contribution < -0.4 is 10.0 Å². The topological polar surface area (TPSA) is 140 Å². The van der Waals surface area contributed by atoms with Gasteiger partial charge in [0.05, 0.1) is 40.8 Å². The Kier molecular flexibility index (Phi) is 9.06. The van der Waals surface area contributed by atoms with Crippen LogP contribution in [0.15, 0.2) is 52.1 Å². The Hall–Kier alpha value is -3.83. The van der Waals surface area contributed by atoms with Crippen molar-refractivity contribution in [1.82, 2.24) is 24.7 Å². The second-order valence-corrected chi connectivity index (χ2v) is 14.2. The lowest BCUT2D eigenvalue weighted by Gasteiger charge is -2.36. The average molecular weight is 671 g/mol. The highest BCUT2D eigenvalue weighted by atomic mass is 32.2. The molecule has 0 radical (unpaired) electrons. The number of rotatable bonds is 8. The Morgan fingerprint density at radius 1 is 1.20 bits per heavy atom. The molecule has 2 N–H and O–H groups in total. The van der Waals surface area contributed by atoms with Crippen LogP contribution in [0.1, 0.15) is 38.6 Å². The zero-order valence-corrected chi connectivity index (χ0v) is 26.0. The lowest BCUT2D eigenvalue weighted by atomic mass is 10.0. The van der Waals surface area contributed by atoms with Gasteiger partial charge in [0.2, 0.25) is 21.7 Å². The Morgan fingerprint density at radius 3 is 2.64 bits per heavy atom. The number of carbonyl (C=O) groups excluding carboxylic acids is 1. The van der Waals surface area contributed by atoms with Crippen LogP contribution in [0.5, 0.6) is 0 Å². The van der Waals surface area contributed by atoms with E-state index in [0.29, 0.717) is 10.4 Å². The number of halogens is 4. The molecule has 45 heavy (non-hydrogen) atoms. The van der Waals surface area contributed by atoms with Gasteiger partial charge in [0.1, 0.15) is 16.7 Å². The van der Waals surface area contributed by atoms with E-state index in [4.69, 9.17) is 9.26 Å². The van der Waals surface area contributed by atoms with Gasteiger partial charge >= 0.3 is 12.3 Å². The number of nitrogens with zero attached hydrogens (tertiary/aromatic N) is 4. The van der Waals surface area contributed by atoms with Crippen molar-refractivity contribution in [2.24, 2.45) is 0 Å². The first kappa shape index (κ1) is 32.6. The first-order valence-corrected chi connectivity index (χ1v) is 16.1. The first-order chi connectivity index (χ1) is 21.1. The minimum atomic E-state index is -4.57. The number of amides is 1. The molecule has 0 aliphatic carbocycles. The Bertz CT molecular complexity index is 1770. The average Bonchev–Trinajstić information content (AvgIpc) is 3.57. The number of piperidine rings is 1. The van der Waals surface area contributed by atoms with Gasteiger partial charge in [-0.1, -0.05) is 17.3 Å². The molecular formula is C28H30F4N6O5S2. The van der Waals surface area contributed by atoms with Gasteiger partial charge in [0.15, 0.2) is 0 Å². The van der Waals surface area contributed by atoms with Gasteiger partial charge in [0.25, 0.3) is 0 Å². The number of aromatic nitrogens is 3. The van der Waals surface area contributed by atoms with Crippen LogP contribution in [-0.2, 0) is 27.7 Å². The van der Waals surface area contributed by atoms with Crippen molar-refractivity contribution in [1.29, 1.82) is 0 Å². The summed E-state index contributed by atoms with van der Waals surface area (Å²) in [7, 11) is -3.96. The molecule has 1 aromatic carbocycles. The molecule has 4 heterocycles. The van der Waals surface area contributed by atoms with Crippen molar-refractivity contribution in [3.63, 3.8) is 0 Å². The number of alkyl halides is 4. The number of nitrogens with one attached hydrogen (secondary N) is 2. The lowest BCUT2D eigenvalue weighted by Crippen LogP contribution is -2.51. The number of likely N-dealkylation sites (tertiary alicyclic amines) is 1. The normalized spacial score (nSPS) is 17.9. The van der Waals surface area contributed by atoms with Crippen molar-refractivity contribution in [3.8, 4) is 10.7 Å². The molecule has 1 amide bonds. The van der Waals surface area contributed by atoms with E-state index >= 15 is 4.39 Å². The highest BCUT2D eigenvalue weighted by Crippen LogP contribution is 2.44. The molecule has 17 heteroatoms. The number of thiophene rings is 1. The summed E-state index contributed by atoms with van der Waals surface area (Å²) in [5.41, 5.74) is -0.406. The van der Waals surface area contributed by atoms with Gasteiger partial charge < -0.3 is 19.5 Å². The quantitative estimate of drug-likeness (QED) is 0.226. The third-order valence-electron chi connectivity index (χ3n) is 6.76. The summed E-state index contributed by atoms with van der Waals surface area (Å²) >= 11 is 0.978. The number of carbonyl (C=O) groups is 1. The van der Waals surface area contributed by atoms with E-state index in [-0.39, 0.29) is 51.9 Å². The zero-order chi connectivity index (χ0) is 32.6. The Labute approximate surface area is 260 Å². The van der Waals surface area contributed by atoms with Crippen molar-refractivity contribution in [3.05, 3.63) is 54.2 Å². The van der Waals surface area contributed by atoms with Crippen molar-refractivity contribution < 1.29 is 40.0 Å².